The van der Waals surface area contributed by atoms with E-state index in [0.717, 1.165) is 18.6 Å². The minimum absolute atomic E-state index is 0.794. The molecule has 46 valence electrons. The van der Waals surface area contributed by atoms with Crippen LogP contribution in [0.2, 0.25) is 0 Å². The Labute approximate surface area is 50.7 Å². The van der Waals surface area contributed by atoms with Crippen LogP contribution in [0.15, 0.2) is 25.2 Å². The van der Waals surface area contributed by atoms with Gasteiger partial charge in [-0.25, -0.2) is 0 Å². The molecule has 0 fully saturated rings. The Balaban J connectivity index is 3.18. The second kappa shape index (κ2) is 4.44. The summed E-state index contributed by atoms with van der Waals surface area (Å²) in [6, 6.07) is 0. The molecule has 0 bridgehead atoms. The molecule has 8 heavy (non-hydrogen) atoms. The first-order valence-corrected chi connectivity index (χ1v) is 2.76. The summed E-state index contributed by atoms with van der Waals surface area (Å²) in [7, 11) is 0. The van der Waals surface area contributed by atoms with E-state index in [0.29, 0.717) is 0 Å². The van der Waals surface area contributed by atoms with Crippen molar-refractivity contribution < 1.29 is 4.74 Å². The Bertz CT molecular complexity index is 84.4. The molecular weight excluding hydrogens is 100 g/mol. The molecule has 0 N–H and O–H groups in total. The fourth-order valence-electron chi connectivity index (χ4n) is 0.456. The van der Waals surface area contributed by atoms with Crippen LogP contribution in [0.4, 0.5) is 0 Å². The van der Waals surface area contributed by atoms with Crippen LogP contribution in [0, 0.1) is 0 Å². The van der Waals surface area contributed by atoms with Crippen LogP contribution in [0.25, 0.3) is 0 Å². The molecule has 0 aromatic heterocycles. The molecule has 0 heterocycles. The van der Waals surface area contributed by atoms with Gasteiger partial charge in [-0.05, 0) is 6.42 Å². The summed E-state index contributed by atoms with van der Waals surface area (Å²) in [4.78, 5) is 0. The number of ether oxygens (including phenoxy) is 1. The molecule has 1 heteroatoms. The molecule has 0 aliphatic heterocycles. The second-order valence-electron chi connectivity index (χ2n) is 1.57. The average Bonchev–Trinajstić information content (AvgIpc) is 1.68. The first kappa shape index (κ1) is 7.28. The van der Waals surface area contributed by atoms with Crippen LogP contribution in [0.5, 0.6) is 0 Å². The third kappa shape index (κ3) is 3.47. The van der Waals surface area contributed by atoms with Gasteiger partial charge in [0.1, 0.15) is 0 Å². The summed E-state index contributed by atoms with van der Waals surface area (Å²) in [6.07, 6.45) is 3.40. The Kier molecular flexibility index (Phi) is 4.04. The van der Waals surface area contributed by atoms with Gasteiger partial charge in [0.2, 0.25) is 0 Å². The molecule has 0 spiro atoms. The molecular formula is C7H12O. The standard InChI is InChI=1S/C7H12O/c1-4-6-7(3)8-5-2/h5H,2-4,6H2,1H3. The van der Waals surface area contributed by atoms with Crippen LogP contribution in [0.1, 0.15) is 19.8 Å². The second-order valence-corrected chi connectivity index (χ2v) is 1.57. The topological polar surface area (TPSA) is 9.23 Å². The van der Waals surface area contributed by atoms with Crippen molar-refractivity contribution in [3.8, 4) is 0 Å². The maximum Gasteiger partial charge on any atom is 0.0960 e. The van der Waals surface area contributed by atoms with Gasteiger partial charge >= 0.3 is 0 Å². The minimum atomic E-state index is 0.794. The maximum absolute atomic E-state index is 4.85. The zero-order valence-corrected chi connectivity index (χ0v) is 5.31. The summed E-state index contributed by atoms with van der Waals surface area (Å²) in [5, 5.41) is 0. The van der Waals surface area contributed by atoms with Crippen LogP contribution in [-0.4, -0.2) is 0 Å². The Hall–Kier alpha value is -0.720. The smallest absolute Gasteiger partial charge is 0.0960 e. The van der Waals surface area contributed by atoms with Crippen LogP contribution >= 0.6 is 0 Å². The fraction of sp³-hybridized carbons (Fsp3) is 0.429. The molecule has 0 unspecified atom stereocenters. The molecule has 0 aliphatic rings. The predicted molar refractivity (Wildman–Crippen MR) is 35.3 cm³/mol. The molecule has 0 saturated heterocycles. The van der Waals surface area contributed by atoms with E-state index in [4.69, 9.17) is 4.74 Å². The molecule has 0 aromatic carbocycles. The lowest BCUT2D eigenvalue weighted by Gasteiger charge is -1.98. The van der Waals surface area contributed by atoms with Crippen molar-refractivity contribution in [3.05, 3.63) is 25.2 Å². The van der Waals surface area contributed by atoms with Gasteiger partial charge in [-0.1, -0.05) is 20.1 Å². The zero-order valence-electron chi connectivity index (χ0n) is 5.31. The van der Waals surface area contributed by atoms with Crippen molar-refractivity contribution in [2.45, 2.75) is 19.8 Å². The van der Waals surface area contributed by atoms with E-state index < -0.39 is 0 Å². The zero-order chi connectivity index (χ0) is 6.41. The third-order valence-electron chi connectivity index (χ3n) is 0.779. The molecule has 0 atom stereocenters. The number of rotatable bonds is 4. The fourth-order valence-corrected chi connectivity index (χ4v) is 0.456. The molecule has 0 aromatic rings. The normalized spacial score (nSPS) is 8.12. The Morgan fingerprint density at radius 3 is 2.75 bits per heavy atom. The van der Waals surface area contributed by atoms with E-state index in [1.54, 1.807) is 0 Å². The molecule has 1 nitrogen and oxygen atoms in total. The van der Waals surface area contributed by atoms with Gasteiger partial charge in [0.05, 0.1) is 12.0 Å². The Morgan fingerprint density at radius 2 is 2.38 bits per heavy atom. The van der Waals surface area contributed by atoms with Crippen molar-refractivity contribution in [1.82, 2.24) is 0 Å². The van der Waals surface area contributed by atoms with Gasteiger partial charge in [-0.15, -0.1) is 0 Å². The SMILES string of the molecule is C=COC(=C)CCC. The highest BCUT2D eigenvalue weighted by molar-refractivity contribution is 4.83. The lowest BCUT2D eigenvalue weighted by atomic mass is 10.3. The van der Waals surface area contributed by atoms with Gasteiger partial charge in [0.25, 0.3) is 0 Å². The largest absolute Gasteiger partial charge is 0.471 e. The minimum Gasteiger partial charge on any atom is -0.471 e. The van der Waals surface area contributed by atoms with Crippen molar-refractivity contribution in [2.24, 2.45) is 0 Å². The summed E-state index contributed by atoms with van der Waals surface area (Å²) < 4.78 is 4.85. The maximum atomic E-state index is 4.85. The molecule has 0 rings (SSSR count). The van der Waals surface area contributed by atoms with E-state index >= 15 is 0 Å². The summed E-state index contributed by atoms with van der Waals surface area (Å²) >= 11 is 0. The van der Waals surface area contributed by atoms with Crippen molar-refractivity contribution in [3.63, 3.8) is 0 Å². The van der Waals surface area contributed by atoms with Gasteiger partial charge in [0, 0.05) is 6.42 Å². The third-order valence-corrected chi connectivity index (χ3v) is 0.779. The van der Waals surface area contributed by atoms with Crippen LogP contribution in [-0.2, 0) is 4.74 Å². The highest BCUT2D eigenvalue weighted by Gasteiger charge is 1.86. The molecule has 0 saturated carbocycles. The lowest BCUT2D eigenvalue weighted by Crippen LogP contribution is -1.79. The summed E-state index contributed by atoms with van der Waals surface area (Å²) in [6.45, 7) is 9.12. The monoisotopic (exact) mass is 112 g/mol. The molecule has 0 amide bonds. The number of allylic oxidation sites excluding steroid dienone is 1. The van der Waals surface area contributed by atoms with Gasteiger partial charge < -0.3 is 4.74 Å². The van der Waals surface area contributed by atoms with Crippen LogP contribution in [0.3, 0.4) is 0 Å². The van der Waals surface area contributed by atoms with E-state index in [1.807, 2.05) is 0 Å². The lowest BCUT2D eigenvalue weighted by molar-refractivity contribution is 0.336. The van der Waals surface area contributed by atoms with E-state index in [1.165, 1.54) is 6.26 Å². The van der Waals surface area contributed by atoms with E-state index in [2.05, 4.69) is 20.1 Å². The average molecular weight is 112 g/mol. The molecule has 0 aliphatic carbocycles. The first-order valence-electron chi connectivity index (χ1n) is 2.76. The Morgan fingerprint density at radius 1 is 1.75 bits per heavy atom. The summed E-state index contributed by atoms with van der Waals surface area (Å²) in [5.74, 6) is 0.794. The molecule has 0 radical (unpaired) electrons. The van der Waals surface area contributed by atoms with E-state index in [-0.39, 0.29) is 0 Å². The number of hydrogen-bond donors (Lipinski definition) is 0. The highest BCUT2D eigenvalue weighted by atomic mass is 16.5. The van der Waals surface area contributed by atoms with Gasteiger partial charge in [0.15, 0.2) is 0 Å². The van der Waals surface area contributed by atoms with E-state index in [9.17, 15) is 0 Å². The van der Waals surface area contributed by atoms with Gasteiger partial charge in [-0.3, -0.25) is 0 Å². The van der Waals surface area contributed by atoms with Crippen molar-refractivity contribution >= 4 is 0 Å². The predicted octanol–water partition coefficient (Wildman–Crippen LogP) is 2.46. The van der Waals surface area contributed by atoms with Crippen molar-refractivity contribution in [2.75, 3.05) is 0 Å². The first-order chi connectivity index (χ1) is 3.81. The quantitative estimate of drug-likeness (QED) is 0.507. The van der Waals surface area contributed by atoms with Crippen molar-refractivity contribution in [1.29, 1.82) is 0 Å². The highest BCUT2D eigenvalue weighted by Crippen LogP contribution is 2.01. The number of hydrogen-bond acceptors (Lipinski definition) is 1. The summed E-state index contributed by atoms with van der Waals surface area (Å²) in [5.41, 5.74) is 0. The van der Waals surface area contributed by atoms with Gasteiger partial charge in [-0.2, -0.15) is 0 Å². The van der Waals surface area contributed by atoms with Crippen LogP contribution < -0.4 is 0 Å².